The Kier molecular flexibility index (Phi) is 5.98. The number of para-hydroxylation sites is 1. The maximum Gasteiger partial charge on any atom is 0.387 e. The first-order valence-corrected chi connectivity index (χ1v) is 7.40. The maximum absolute atomic E-state index is 12.5. The average molecular weight is 354 g/mol. The van der Waals surface area contributed by atoms with Gasteiger partial charge < -0.3 is 10.1 Å². The van der Waals surface area contributed by atoms with Gasteiger partial charge in [0, 0.05) is 5.56 Å². The predicted molar refractivity (Wildman–Crippen MR) is 83.1 cm³/mol. The Hall–Kier alpha value is -3.04. The Morgan fingerprint density at radius 1 is 1.44 bits per heavy atom. The number of nitrogens with one attached hydrogen (secondary N) is 1. The minimum atomic E-state index is -2.97. The number of nitrogens with zero attached hydrogens (tertiary/aromatic N) is 3. The maximum atomic E-state index is 12.5. The molecule has 134 valence electrons. The minimum Gasteiger partial charge on any atom is -0.434 e. The van der Waals surface area contributed by atoms with E-state index in [1.807, 2.05) is 0 Å². The van der Waals surface area contributed by atoms with Crippen molar-refractivity contribution in [3.63, 3.8) is 0 Å². The van der Waals surface area contributed by atoms with E-state index in [1.54, 1.807) is 25.1 Å². The quantitative estimate of drug-likeness (QED) is 0.580. The third-order valence-corrected chi connectivity index (χ3v) is 3.39. The Morgan fingerprint density at radius 2 is 2.16 bits per heavy atom. The summed E-state index contributed by atoms with van der Waals surface area (Å²) >= 11 is 0. The largest absolute Gasteiger partial charge is 0.434 e. The number of alkyl halides is 2. The number of hydrogen-bond donors (Lipinski definition) is 1. The van der Waals surface area contributed by atoms with Crippen LogP contribution in [0.25, 0.3) is 0 Å². The molecule has 0 aliphatic heterocycles. The van der Waals surface area contributed by atoms with Crippen LogP contribution >= 0.6 is 0 Å². The summed E-state index contributed by atoms with van der Waals surface area (Å²) in [6, 6.07) is 5.64. The smallest absolute Gasteiger partial charge is 0.387 e. The fourth-order valence-electron chi connectivity index (χ4n) is 2.29. The molecule has 1 atom stereocenters. The Morgan fingerprint density at radius 3 is 2.76 bits per heavy atom. The van der Waals surface area contributed by atoms with Crippen LogP contribution in [0.3, 0.4) is 0 Å². The number of amides is 1. The van der Waals surface area contributed by atoms with Gasteiger partial charge in [0.2, 0.25) is 5.91 Å². The first kappa shape index (κ1) is 18.3. The van der Waals surface area contributed by atoms with Gasteiger partial charge >= 0.3 is 12.3 Å². The second kappa shape index (κ2) is 8.18. The lowest BCUT2D eigenvalue weighted by atomic mass is 10.0. The monoisotopic (exact) mass is 354 g/mol. The van der Waals surface area contributed by atoms with E-state index in [0.29, 0.717) is 12.0 Å². The first-order chi connectivity index (χ1) is 11.9. The Labute approximate surface area is 141 Å². The van der Waals surface area contributed by atoms with Crippen LogP contribution in [0.15, 0.2) is 36.7 Å². The second-order valence-electron chi connectivity index (χ2n) is 5.10. The molecule has 0 saturated carbocycles. The Balaban J connectivity index is 2.08. The molecular weight excluding hydrogens is 338 g/mol. The molecule has 0 aliphatic rings. The molecule has 1 aromatic heterocycles. The van der Waals surface area contributed by atoms with E-state index < -0.39 is 23.5 Å². The molecule has 1 heterocycles. The van der Waals surface area contributed by atoms with E-state index in [4.69, 9.17) is 0 Å². The van der Waals surface area contributed by atoms with Crippen LogP contribution in [0.2, 0.25) is 0 Å². The van der Waals surface area contributed by atoms with Crippen LogP contribution in [0.1, 0.15) is 24.9 Å². The van der Waals surface area contributed by atoms with Crippen molar-refractivity contribution in [1.82, 2.24) is 15.1 Å². The lowest BCUT2D eigenvalue weighted by molar-refractivity contribution is -0.385. The number of benzene rings is 1. The summed E-state index contributed by atoms with van der Waals surface area (Å²) in [6.45, 7) is -1.43. The van der Waals surface area contributed by atoms with E-state index in [9.17, 15) is 23.7 Å². The highest BCUT2D eigenvalue weighted by Crippen LogP contribution is 2.28. The van der Waals surface area contributed by atoms with Crippen molar-refractivity contribution in [3.05, 3.63) is 52.3 Å². The van der Waals surface area contributed by atoms with Crippen LogP contribution in [0.4, 0.5) is 14.5 Å². The number of aromatic nitrogens is 2. The van der Waals surface area contributed by atoms with Gasteiger partial charge in [-0.25, -0.2) is 0 Å². The van der Waals surface area contributed by atoms with Gasteiger partial charge in [-0.2, -0.15) is 13.9 Å². The summed E-state index contributed by atoms with van der Waals surface area (Å²) in [4.78, 5) is 22.1. The zero-order chi connectivity index (χ0) is 18.4. The molecule has 10 heteroatoms. The third kappa shape index (κ3) is 4.96. The van der Waals surface area contributed by atoms with Gasteiger partial charge in [-0.15, -0.1) is 0 Å². The predicted octanol–water partition coefficient (Wildman–Crippen LogP) is 2.66. The van der Waals surface area contributed by atoms with Crippen LogP contribution in [-0.4, -0.2) is 27.2 Å². The molecule has 0 saturated heterocycles. The molecule has 0 radical (unpaired) electrons. The van der Waals surface area contributed by atoms with E-state index in [-0.39, 0.29) is 18.0 Å². The van der Waals surface area contributed by atoms with Crippen LogP contribution in [-0.2, 0) is 11.3 Å². The zero-order valence-electron chi connectivity index (χ0n) is 13.3. The molecule has 1 unspecified atom stereocenters. The van der Waals surface area contributed by atoms with Crippen molar-refractivity contribution >= 4 is 11.6 Å². The highest BCUT2D eigenvalue weighted by molar-refractivity contribution is 5.76. The molecule has 25 heavy (non-hydrogen) atoms. The number of hydrogen-bond acceptors (Lipinski definition) is 5. The highest BCUT2D eigenvalue weighted by Gasteiger charge is 2.19. The molecule has 2 rings (SSSR count). The fourth-order valence-corrected chi connectivity index (χ4v) is 2.29. The Bertz CT molecular complexity index is 751. The zero-order valence-corrected chi connectivity index (χ0v) is 13.3. The lowest BCUT2D eigenvalue weighted by Crippen LogP contribution is -2.31. The number of carbonyl (C=O) groups excluding carboxylic acids is 1. The minimum absolute atomic E-state index is 0.0145. The van der Waals surface area contributed by atoms with E-state index in [0.717, 1.165) is 17.1 Å². The van der Waals surface area contributed by atoms with Gasteiger partial charge in [0.05, 0.1) is 11.0 Å². The van der Waals surface area contributed by atoms with Gasteiger partial charge in [0.15, 0.2) is 0 Å². The van der Waals surface area contributed by atoms with Crippen molar-refractivity contribution in [2.24, 2.45) is 0 Å². The number of ether oxygens (including phenoxy) is 1. The molecule has 1 aromatic carbocycles. The van der Waals surface area contributed by atoms with Crippen molar-refractivity contribution < 1.29 is 23.2 Å². The summed E-state index contributed by atoms with van der Waals surface area (Å²) in [6.07, 6.45) is 2.61. The average Bonchev–Trinajstić information content (AvgIpc) is 3.01. The summed E-state index contributed by atoms with van der Waals surface area (Å²) in [5.41, 5.74) is 0.195. The van der Waals surface area contributed by atoms with Crippen molar-refractivity contribution in [1.29, 1.82) is 0 Å². The van der Waals surface area contributed by atoms with E-state index in [2.05, 4.69) is 15.2 Å². The number of carbonyl (C=O) groups is 1. The summed E-state index contributed by atoms with van der Waals surface area (Å²) in [5, 5.41) is 17.0. The van der Waals surface area contributed by atoms with Gasteiger partial charge in [-0.1, -0.05) is 25.1 Å². The molecule has 1 N–H and O–H groups in total. The number of rotatable bonds is 8. The topological polar surface area (TPSA) is 99.3 Å². The van der Waals surface area contributed by atoms with E-state index >= 15 is 0 Å². The van der Waals surface area contributed by atoms with E-state index in [1.165, 1.54) is 6.07 Å². The molecule has 0 bridgehead atoms. The summed E-state index contributed by atoms with van der Waals surface area (Å²) < 4.78 is 30.6. The van der Waals surface area contributed by atoms with Crippen LogP contribution in [0.5, 0.6) is 5.75 Å². The molecular formula is C15H16F2N4O4. The van der Waals surface area contributed by atoms with Gasteiger partial charge in [-0.3, -0.25) is 19.6 Å². The molecule has 0 fully saturated rings. The lowest BCUT2D eigenvalue weighted by Gasteiger charge is -2.20. The normalized spacial score (nSPS) is 12.0. The summed E-state index contributed by atoms with van der Waals surface area (Å²) in [5.74, 6) is -0.476. The summed E-state index contributed by atoms with van der Waals surface area (Å²) in [7, 11) is 0. The van der Waals surface area contributed by atoms with Crippen molar-refractivity contribution in [2.75, 3.05) is 0 Å². The molecule has 2 aromatic rings. The molecule has 1 amide bonds. The second-order valence-corrected chi connectivity index (χ2v) is 5.10. The standard InChI is InChI=1S/C15H16F2N4O4/c1-2-12(11-5-3-4-6-13(11)25-15(16)17)19-14(22)9-20-8-10(7-18-20)21(23)24/h3-8,12,15H,2,9H2,1H3,(H,19,22). The highest BCUT2D eigenvalue weighted by atomic mass is 19.3. The number of halogens is 2. The van der Waals surface area contributed by atoms with Gasteiger partial charge in [0.25, 0.3) is 0 Å². The van der Waals surface area contributed by atoms with Crippen LogP contribution < -0.4 is 10.1 Å². The van der Waals surface area contributed by atoms with Crippen LogP contribution in [0, 0.1) is 10.1 Å². The number of nitro groups is 1. The fraction of sp³-hybridized carbons (Fsp3) is 0.333. The van der Waals surface area contributed by atoms with Gasteiger partial charge in [0.1, 0.15) is 24.7 Å². The van der Waals surface area contributed by atoms with Crippen molar-refractivity contribution in [2.45, 2.75) is 32.5 Å². The molecule has 0 spiro atoms. The first-order valence-electron chi connectivity index (χ1n) is 7.40. The third-order valence-electron chi connectivity index (χ3n) is 3.39. The van der Waals surface area contributed by atoms with Gasteiger partial charge in [-0.05, 0) is 12.5 Å². The molecule has 0 aliphatic carbocycles. The SMILES string of the molecule is CCC(NC(=O)Cn1cc([N+](=O)[O-])cn1)c1ccccc1OC(F)F. The van der Waals surface area contributed by atoms with Crippen molar-refractivity contribution in [3.8, 4) is 5.75 Å². The molecule has 8 nitrogen and oxygen atoms in total.